The van der Waals surface area contributed by atoms with Gasteiger partial charge >= 0.3 is 36.4 Å². The number of anilines is 2. The number of carbonyl (C=O) groups excluding carboxylic acids is 1. The number of nitrogens with two attached hydrogens (primary N) is 2. The number of hydrogen-bond donors (Lipinski definition) is 4. The van der Waals surface area contributed by atoms with Crippen molar-refractivity contribution in [2.75, 3.05) is 64.6 Å². The molecule has 4 aromatic carbocycles. The molecular formula is C49H94B15BrClN5O11Sn. The Morgan fingerprint density at radius 3 is 0.940 bits per heavy atom. The van der Waals surface area contributed by atoms with E-state index in [1.54, 1.807) is 69.9 Å². The maximum absolute atomic E-state index is 10.3. The summed E-state index contributed by atoms with van der Waals surface area (Å²) in [5.74, 6) is 0. The molecule has 4 rings (SSSR count). The number of urea groups is 1. The summed E-state index contributed by atoms with van der Waals surface area (Å²) in [4.78, 5) is 29.5. The van der Waals surface area contributed by atoms with Crippen molar-refractivity contribution in [1.82, 2.24) is 0 Å². The Bertz CT molecular complexity index is 1540. The van der Waals surface area contributed by atoms with E-state index < -0.39 is 28.6 Å². The Morgan fingerprint density at radius 2 is 0.831 bits per heavy atom. The van der Waals surface area contributed by atoms with Crippen LogP contribution < -0.4 is 16.8 Å². The molecule has 0 spiro atoms. The number of nitro benzene ring substituents is 2. The number of aliphatic hydroxyl groups is 1. The van der Waals surface area contributed by atoms with Gasteiger partial charge in [0.15, 0.2) is 0 Å². The molecule has 10 N–H and O–H groups in total. The quantitative estimate of drug-likeness (QED) is 0.0232. The van der Waals surface area contributed by atoms with Crippen LogP contribution in [0.15, 0.2) is 121 Å². The normalized spacial score (nSPS) is 7.18. The number of para-hydroxylation sites is 4. The molecule has 0 atom stereocenters. The van der Waals surface area contributed by atoms with Crippen LogP contribution in [0.25, 0.3) is 0 Å². The zero-order valence-electron chi connectivity index (χ0n) is 47.7. The monoisotopic (exact) mass is 1330 g/mol. The van der Waals surface area contributed by atoms with E-state index in [-0.39, 0.29) is 60.4 Å². The Balaban J connectivity index is -0.0000000383. The van der Waals surface area contributed by atoms with Crippen LogP contribution in [-0.4, -0.2) is 220 Å². The number of amides is 2. The summed E-state index contributed by atoms with van der Waals surface area (Å²) >= 11 is 4.33. The number of nitrogens with one attached hydrogen (secondary N) is 1. The molecule has 4 aromatic rings. The van der Waals surface area contributed by atoms with E-state index in [1.165, 1.54) is 82.7 Å². The van der Waals surface area contributed by atoms with Crippen LogP contribution in [0.1, 0.15) is 109 Å². The number of methoxy groups -OCH3 is 3. The third kappa shape index (κ3) is 161. The zero-order chi connectivity index (χ0) is 61.1. The minimum absolute atomic E-state index is 0. The number of primary amides is 1. The molecule has 0 heterocycles. The molecule has 0 aliphatic carbocycles. The number of rotatable bonds is 15. The zero-order valence-corrected chi connectivity index (χ0v) is 52.9. The number of benzene rings is 4. The Hall–Kier alpha value is -2.95. The summed E-state index contributed by atoms with van der Waals surface area (Å²) in [6, 6.07) is 33.9. The Labute approximate surface area is 549 Å². The molecule has 0 aliphatic rings. The number of nitro groups is 2. The number of hydrogen-bond acceptors (Lipinski definition) is 10. The average Bonchev–Trinajstić information content (AvgIpc) is 3.43. The number of unbranched alkanes of at least 4 members (excludes halogenated alkanes) is 4. The number of non-ortho nitro benzene ring substituents is 2. The molecule has 444 valence electrons. The van der Waals surface area contributed by atoms with Crippen molar-refractivity contribution in [3.8, 4) is 0 Å². The van der Waals surface area contributed by atoms with Crippen molar-refractivity contribution < 1.29 is 44.9 Å². The summed E-state index contributed by atoms with van der Waals surface area (Å²) in [6.45, 7) is 11.4. The minimum atomic E-state index is -0.667. The molecule has 34 heteroatoms. The average molecular weight is 1330 g/mol. The molecule has 0 fully saturated rings. The number of alkyl halides is 1. The number of ether oxygens (including phenoxy) is 3. The molecule has 0 aromatic heterocycles. The number of nitrogens with zero attached hydrogens (tertiary/aromatic N) is 2. The predicted molar refractivity (Wildman–Crippen MR) is 386 cm³/mol. The van der Waals surface area contributed by atoms with Crippen LogP contribution in [0.3, 0.4) is 0 Å². The van der Waals surface area contributed by atoms with Gasteiger partial charge in [-0.3, -0.25) is 20.2 Å². The molecule has 0 bridgehead atoms. The molecule has 2 amide bonds. The van der Waals surface area contributed by atoms with Gasteiger partial charge in [0.2, 0.25) is 0 Å². The van der Waals surface area contributed by atoms with Gasteiger partial charge in [-0.05, 0) is 49.9 Å². The van der Waals surface area contributed by atoms with E-state index in [9.17, 15) is 25.0 Å². The fourth-order valence-corrected chi connectivity index (χ4v) is 3.78. The second-order valence-electron chi connectivity index (χ2n) is 13.1. The SMILES string of the molecule is C.C.C.C.CCCCBr.CCCCOC.CCCCOC.CCCCOC.CO.NC(=O)Nc1ccccc1.Nc1ccccc1.O.O.O=[N+]([O-])c1ccccc1.O=[N+]([O-])c1ccccc1.[B].[B]B([B])[B].[B][B].[B][B]B([B])[B].[B][B][B].[Cl][Sn]. The molecule has 16 nitrogen and oxygen atoms in total. The van der Waals surface area contributed by atoms with Crippen molar-refractivity contribution in [3.05, 3.63) is 142 Å². The summed E-state index contributed by atoms with van der Waals surface area (Å²) < 4.78 is 14.3. The second-order valence-corrected chi connectivity index (χ2v) is 13.9. The van der Waals surface area contributed by atoms with Gasteiger partial charge in [0.05, 0.1) is 9.85 Å². The fraction of sp³-hybridized carbons (Fsp3) is 0.490. The van der Waals surface area contributed by atoms with Crippen LogP contribution in [-0.2, 0) is 14.2 Å². The van der Waals surface area contributed by atoms with Gasteiger partial charge in [0, 0.05) is 202 Å². The molecule has 83 heavy (non-hydrogen) atoms. The number of carbonyl (C=O) groups is 1. The first-order chi connectivity index (χ1) is 36.4. The number of aliphatic hydroxyl groups excluding tert-OH is 1. The molecule has 0 saturated heterocycles. The van der Waals surface area contributed by atoms with Gasteiger partial charge < -0.3 is 47.1 Å². The van der Waals surface area contributed by atoms with Crippen molar-refractivity contribution >= 4 is 188 Å². The van der Waals surface area contributed by atoms with E-state index >= 15 is 0 Å². The van der Waals surface area contributed by atoms with Crippen molar-refractivity contribution in [1.29, 1.82) is 0 Å². The molecular weight excluding hydrogens is 1230 g/mol. The Kier molecular flexibility index (Phi) is 190. The van der Waals surface area contributed by atoms with Crippen LogP contribution in [0, 0.1) is 20.2 Å². The number of nitrogen functional groups attached to an aromatic ring is 1. The predicted octanol–water partition coefficient (Wildman–Crippen LogP) is 7.22. The van der Waals surface area contributed by atoms with Crippen LogP contribution in [0.5, 0.6) is 0 Å². The standard InChI is InChI=1S/C7H8N2O.2C6H5NO2.C6H7N.3C5H12O.C4H9Br.CH4O.4CH4.B5.B4.B3.B2.B.ClH.2H2O.Sn/c8-7(10)9-6-4-2-1-3-5-6;2*8-7(9)6-4-2-1-3-5-6;7-6-4-2-1-3-5-6;3*1-3-4-5-6-2;1-2-3-4-5;1-2;;;;;1-4-5(2)3;1-4(2)3;1-3-2;1-2;;;;;/h1-5H,(H3,8,9,10);2*1-5H;1-5H,7H2;3*3-5H2,1-2H3;2-4H2,1H3;2H,1H3;4*1H4;;;;;;1H;2*1H2;/q;;;;;;;;;;;;;;;;;;;;;+1/p-1. The number of halogens is 2. The summed E-state index contributed by atoms with van der Waals surface area (Å²) in [5.41, 5.74) is 12.0. The van der Waals surface area contributed by atoms with Gasteiger partial charge in [-0.25, -0.2) is 4.79 Å². The van der Waals surface area contributed by atoms with Crippen molar-refractivity contribution in [3.63, 3.8) is 0 Å². The molecule has 0 aliphatic heterocycles. The molecule has 0 saturated carbocycles. The van der Waals surface area contributed by atoms with Gasteiger partial charge in [0.1, 0.15) is 0 Å². The first-order valence-electron chi connectivity index (χ1n) is 23.3. The van der Waals surface area contributed by atoms with Crippen LogP contribution >= 0.6 is 24.9 Å². The van der Waals surface area contributed by atoms with E-state index in [0.29, 0.717) is 0 Å². The van der Waals surface area contributed by atoms with Gasteiger partial charge in [-0.15, -0.1) is 0 Å². The topological polar surface area (TPSA) is 278 Å². The summed E-state index contributed by atoms with van der Waals surface area (Å²) in [5, 5.41) is 30.6. The van der Waals surface area contributed by atoms with Crippen LogP contribution in [0.4, 0.5) is 27.5 Å². The van der Waals surface area contributed by atoms with Gasteiger partial charge in [0.25, 0.3) is 11.4 Å². The van der Waals surface area contributed by atoms with Crippen molar-refractivity contribution in [2.45, 2.75) is 109 Å². The summed E-state index contributed by atoms with van der Waals surface area (Å²) in [6.07, 6.45) is 8.74. The van der Waals surface area contributed by atoms with Crippen molar-refractivity contribution in [2.24, 2.45) is 5.73 Å². The molecule has 0 unspecified atom stereocenters. The third-order valence-corrected chi connectivity index (χ3v) is 7.15. The van der Waals surface area contributed by atoms with Gasteiger partial charge in [-0.2, -0.15) is 0 Å². The third-order valence-electron chi connectivity index (χ3n) is 6.59. The van der Waals surface area contributed by atoms with E-state index in [2.05, 4.69) is 103 Å². The van der Waals surface area contributed by atoms with Crippen LogP contribution in [0.2, 0.25) is 0 Å². The fourth-order valence-electron chi connectivity index (χ4n) is 3.22. The van der Waals surface area contributed by atoms with E-state index in [1.807, 2.05) is 48.5 Å². The maximum atomic E-state index is 10.3. The van der Waals surface area contributed by atoms with E-state index in [0.717, 1.165) is 72.1 Å². The van der Waals surface area contributed by atoms with E-state index in [4.69, 9.17) is 62.9 Å². The summed E-state index contributed by atoms with van der Waals surface area (Å²) in [7, 11) is 58.7. The second kappa shape index (κ2) is 125. The molecule has 28 radical (unpaired) electrons. The first-order valence-corrected chi connectivity index (χ1v) is 28.0. The van der Waals surface area contributed by atoms with Gasteiger partial charge in [-0.1, -0.05) is 172 Å². The first kappa shape index (κ1) is 126. The Morgan fingerprint density at radius 1 is 0.614 bits per heavy atom.